The molecule has 2 aromatic rings. The number of rotatable bonds is 4. The van der Waals surface area contributed by atoms with E-state index in [2.05, 4.69) is 0 Å². The van der Waals surface area contributed by atoms with Gasteiger partial charge in [-0.3, -0.25) is 4.79 Å². The molecule has 134 valence electrons. The lowest BCUT2D eigenvalue weighted by atomic mass is 9.87. The van der Waals surface area contributed by atoms with Crippen molar-refractivity contribution in [2.75, 3.05) is 13.1 Å². The summed E-state index contributed by atoms with van der Waals surface area (Å²) in [4.78, 5) is 15.4. The van der Waals surface area contributed by atoms with Crippen molar-refractivity contribution < 1.29 is 4.79 Å². The SMILES string of the molecule is CC(N)C1CCCN(C(=O)C(c2ccccc2)c2ccccc2)C1.Cl. The molecule has 1 aliphatic heterocycles. The summed E-state index contributed by atoms with van der Waals surface area (Å²) in [7, 11) is 0. The summed E-state index contributed by atoms with van der Waals surface area (Å²) in [6, 6.07) is 20.3. The summed E-state index contributed by atoms with van der Waals surface area (Å²) in [5.74, 6) is 0.354. The topological polar surface area (TPSA) is 46.3 Å². The van der Waals surface area contributed by atoms with E-state index in [-0.39, 0.29) is 30.3 Å². The Kier molecular flexibility index (Phi) is 7.03. The van der Waals surface area contributed by atoms with Gasteiger partial charge >= 0.3 is 0 Å². The summed E-state index contributed by atoms with van der Waals surface area (Å²) in [6.07, 6.45) is 2.15. The number of carbonyl (C=O) groups excluding carboxylic acids is 1. The smallest absolute Gasteiger partial charge is 0.234 e. The molecule has 4 heteroatoms. The van der Waals surface area contributed by atoms with Crippen LogP contribution < -0.4 is 5.73 Å². The fraction of sp³-hybridized carbons (Fsp3) is 0.381. The Morgan fingerprint density at radius 1 is 1.04 bits per heavy atom. The molecule has 2 N–H and O–H groups in total. The molecule has 2 unspecified atom stereocenters. The van der Waals surface area contributed by atoms with Gasteiger partial charge < -0.3 is 10.6 Å². The van der Waals surface area contributed by atoms with Crippen molar-refractivity contribution in [3.8, 4) is 0 Å². The third-order valence-corrected chi connectivity index (χ3v) is 5.03. The van der Waals surface area contributed by atoms with Crippen LogP contribution in [0.2, 0.25) is 0 Å². The second-order valence-corrected chi connectivity index (χ2v) is 6.80. The Morgan fingerprint density at radius 2 is 1.56 bits per heavy atom. The number of hydrogen-bond donors (Lipinski definition) is 1. The zero-order valence-corrected chi connectivity index (χ0v) is 15.5. The van der Waals surface area contributed by atoms with Gasteiger partial charge in [0, 0.05) is 19.1 Å². The molecule has 25 heavy (non-hydrogen) atoms. The van der Waals surface area contributed by atoms with Crippen LogP contribution in [0.15, 0.2) is 60.7 Å². The molecule has 0 spiro atoms. The van der Waals surface area contributed by atoms with Crippen molar-refractivity contribution in [1.82, 2.24) is 4.90 Å². The van der Waals surface area contributed by atoms with Crippen LogP contribution in [0.5, 0.6) is 0 Å². The Bertz CT molecular complexity index is 621. The lowest BCUT2D eigenvalue weighted by Crippen LogP contribution is -2.46. The van der Waals surface area contributed by atoms with Gasteiger partial charge in [0.1, 0.15) is 0 Å². The molecule has 0 aliphatic carbocycles. The van der Waals surface area contributed by atoms with E-state index >= 15 is 0 Å². The van der Waals surface area contributed by atoms with Gasteiger partial charge in [0.15, 0.2) is 0 Å². The van der Waals surface area contributed by atoms with E-state index in [9.17, 15) is 4.79 Å². The van der Waals surface area contributed by atoms with E-state index in [1.807, 2.05) is 72.5 Å². The minimum Gasteiger partial charge on any atom is -0.342 e. The van der Waals surface area contributed by atoms with Crippen LogP contribution in [0.25, 0.3) is 0 Å². The molecule has 0 aromatic heterocycles. The summed E-state index contributed by atoms with van der Waals surface area (Å²) in [5, 5.41) is 0. The number of hydrogen-bond acceptors (Lipinski definition) is 2. The maximum Gasteiger partial charge on any atom is 0.234 e. The highest BCUT2D eigenvalue weighted by Gasteiger charge is 2.31. The first-order valence-electron chi connectivity index (χ1n) is 8.81. The van der Waals surface area contributed by atoms with Crippen molar-refractivity contribution in [3.05, 3.63) is 71.8 Å². The molecule has 3 rings (SSSR count). The largest absolute Gasteiger partial charge is 0.342 e. The number of carbonyl (C=O) groups is 1. The number of halogens is 1. The second-order valence-electron chi connectivity index (χ2n) is 6.80. The zero-order valence-electron chi connectivity index (χ0n) is 14.7. The van der Waals surface area contributed by atoms with Crippen LogP contribution in [-0.4, -0.2) is 29.9 Å². The van der Waals surface area contributed by atoms with Crippen molar-refractivity contribution in [2.24, 2.45) is 11.7 Å². The molecule has 1 aliphatic rings. The van der Waals surface area contributed by atoms with Gasteiger partial charge in [-0.2, -0.15) is 0 Å². The number of benzene rings is 2. The minimum absolute atomic E-state index is 0. The molecule has 1 amide bonds. The van der Waals surface area contributed by atoms with Crippen LogP contribution in [0.1, 0.15) is 36.8 Å². The fourth-order valence-electron chi connectivity index (χ4n) is 3.59. The van der Waals surface area contributed by atoms with Gasteiger partial charge in [0.2, 0.25) is 5.91 Å². The summed E-state index contributed by atoms with van der Waals surface area (Å²) < 4.78 is 0. The number of nitrogens with zero attached hydrogens (tertiary/aromatic N) is 1. The normalized spacial score (nSPS) is 18.5. The van der Waals surface area contributed by atoms with Crippen LogP contribution in [0.3, 0.4) is 0 Å². The highest BCUT2D eigenvalue weighted by Crippen LogP contribution is 2.29. The van der Waals surface area contributed by atoms with Gasteiger partial charge in [-0.1, -0.05) is 60.7 Å². The van der Waals surface area contributed by atoms with E-state index in [0.29, 0.717) is 5.92 Å². The van der Waals surface area contributed by atoms with Crippen molar-refractivity contribution >= 4 is 18.3 Å². The van der Waals surface area contributed by atoms with Gasteiger partial charge in [0.05, 0.1) is 5.92 Å². The first-order chi connectivity index (χ1) is 11.7. The minimum atomic E-state index is -0.237. The summed E-state index contributed by atoms with van der Waals surface area (Å²) in [6.45, 7) is 3.65. The predicted octanol–water partition coefficient (Wildman–Crippen LogP) is 3.83. The van der Waals surface area contributed by atoms with Crippen molar-refractivity contribution in [3.63, 3.8) is 0 Å². The maximum atomic E-state index is 13.4. The standard InChI is InChI=1S/C21H26N2O.ClH/c1-16(22)19-13-8-14-23(15-19)21(24)20(17-9-4-2-5-10-17)18-11-6-3-7-12-18;/h2-7,9-12,16,19-20H,8,13-15,22H2,1H3;1H. The molecular formula is C21H27ClN2O. The van der Waals surface area contributed by atoms with Crippen LogP contribution in [0.4, 0.5) is 0 Å². The molecule has 2 aromatic carbocycles. The summed E-state index contributed by atoms with van der Waals surface area (Å²) >= 11 is 0. The number of piperidine rings is 1. The molecule has 3 nitrogen and oxygen atoms in total. The lowest BCUT2D eigenvalue weighted by molar-refractivity contribution is -0.133. The highest BCUT2D eigenvalue weighted by atomic mass is 35.5. The Hall–Kier alpha value is -1.84. The molecule has 0 radical (unpaired) electrons. The Labute approximate surface area is 156 Å². The van der Waals surface area contributed by atoms with E-state index < -0.39 is 0 Å². The quantitative estimate of drug-likeness (QED) is 0.902. The van der Waals surface area contributed by atoms with Crippen LogP contribution in [0, 0.1) is 5.92 Å². The van der Waals surface area contributed by atoms with E-state index in [0.717, 1.165) is 37.1 Å². The van der Waals surface area contributed by atoms with E-state index in [4.69, 9.17) is 5.73 Å². The zero-order chi connectivity index (χ0) is 16.9. The Balaban J connectivity index is 0.00000225. The third kappa shape index (κ3) is 4.62. The molecule has 0 bridgehead atoms. The fourth-order valence-corrected chi connectivity index (χ4v) is 3.59. The molecule has 0 saturated carbocycles. The van der Waals surface area contributed by atoms with Gasteiger partial charge in [-0.05, 0) is 36.8 Å². The second kappa shape index (κ2) is 9.02. The molecule has 2 atom stereocenters. The number of likely N-dealkylation sites (tertiary alicyclic amines) is 1. The van der Waals surface area contributed by atoms with Crippen LogP contribution >= 0.6 is 12.4 Å². The first kappa shape index (κ1) is 19.5. The van der Waals surface area contributed by atoms with E-state index in [1.54, 1.807) is 0 Å². The van der Waals surface area contributed by atoms with Crippen molar-refractivity contribution in [1.29, 1.82) is 0 Å². The first-order valence-corrected chi connectivity index (χ1v) is 8.81. The number of amides is 1. The van der Waals surface area contributed by atoms with Gasteiger partial charge in [-0.15, -0.1) is 12.4 Å². The Morgan fingerprint density at radius 3 is 2.04 bits per heavy atom. The molecule has 1 fully saturated rings. The van der Waals surface area contributed by atoms with E-state index in [1.165, 1.54) is 0 Å². The molecule has 1 heterocycles. The average Bonchev–Trinajstić information content (AvgIpc) is 2.64. The monoisotopic (exact) mass is 358 g/mol. The van der Waals surface area contributed by atoms with Crippen molar-refractivity contribution in [2.45, 2.75) is 31.7 Å². The average molecular weight is 359 g/mol. The van der Waals surface area contributed by atoms with Gasteiger partial charge in [0.25, 0.3) is 0 Å². The van der Waals surface area contributed by atoms with Crippen LogP contribution in [-0.2, 0) is 4.79 Å². The molecular weight excluding hydrogens is 332 g/mol. The third-order valence-electron chi connectivity index (χ3n) is 5.03. The number of nitrogens with two attached hydrogens (primary N) is 1. The molecule has 1 saturated heterocycles. The lowest BCUT2D eigenvalue weighted by Gasteiger charge is -2.36. The highest BCUT2D eigenvalue weighted by molar-refractivity contribution is 5.87. The summed E-state index contributed by atoms with van der Waals surface area (Å²) in [5.41, 5.74) is 8.19. The van der Waals surface area contributed by atoms with Gasteiger partial charge in [-0.25, -0.2) is 0 Å². The maximum absolute atomic E-state index is 13.4. The predicted molar refractivity (Wildman–Crippen MR) is 105 cm³/mol.